The molecule has 0 aliphatic heterocycles. The monoisotopic (exact) mass is 210 g/mol. The number of anilines is 1. The highest BCUT2D eigenvalue weighted by Crippen LogP contribution is 2.18. The first-order chi connectivity index (χ1) is 6.54. The van der Waals surface area contributed by atoms with Gasteiger partial charge in [-0.25, -0.2) is 15.0 Å². The molecular weight excluding hydrogens is 200 g/mol. The zero-order valence-corrected chi connectivity index (χ0v) is 8.89. The standard InChI is InChI=1S/C9H11ClN4/c1-5-6(2)12-9(10)14-8(5)13-7(3)11-4/h3-4H2,1-2H3,(H,12,13,14). The molecular formula is C9H11ClN4. The molecule has 0 radical (unpaired) electrons. The molecule has 0 unspecified atom stereocenters. The average molecular weight is 211 g/mol. The van der Waals surface area contributed by atoms with Crippen LogP contribution < -0.4 is 5.32 Å². The van der Waals surface area contributed by atoms with Gasteiger partial charge in [-0.05, 0) is 32.2 Å². The Morgan fingerprint density at radius 2 is 2.07 bits per heavy atom. The highest BCUT2D eigenvalue weighted by Gasteiger charge is 2.06. The molecule has 1 aromatic rings. The van der Waals surface area contributed by atoms with E-state index < -0.39 is 0 Å². The fourth-order valence-corrected chi connectivity index (χ4v) is 1.10. The summed E-state index contributed by atoms with van der Waals surface area (Å²) in [6, 6.07) is 0. The summed E-state index contributed by atoms with van der Waals surface area (Å²) in [5, 5.41) is 3.08. The van der Waals surface area contributed by atoms with Gasteiger partial charge in [-0.2, -0.15) is 0 Å². The summed E-state index contributed by atoms with van der Waals surface area (Å²) >= 11 is 5.71. The Hall–Kier alpha value is -1.42. The number of rotatable bonds is 3. The number of halogens is 1. The molecule has 0 atom stereocenters. The molecule has 0 amide bonds. The van der Waals surface area contributed by atoms with Crippen LogP contribution in [-0.2, 0) is 0 Å². The summed E-state index contributed by atoms with van der Waals surface area (Å²) in [6.07, 6.45) is 0. The molecule has 1 N–H and O–H groups in total. The molecule has 74 valence electrons. The Balaban J connectivity index is 3.07. The Morgan fingerprint density at radius 1 is 1.43 bits per heavy atom. The van der Waals surface area contributed by atoms with Gasteiger partial charge in [0, 0.05) is 11.3 Å². The minimum atomic E-state index is 0.201. The fourth-order valence-electron chi connectivity index (χ4n) is 0.893. The van der Waals surface area contributed by atoms with Crippen molar-refractivity contribution in [1.29, 1.82) is 0 Å². The van der Waals surface area contributed by atoms with E-state index in [1.165, 1.54) is 0 Å². The maximum absolute atomic E-state index is 5.71. The first-order valence-electron chi connectivity index (χ1n) is 3.98. The van der Waals surface area contributed by atoms with E-state index in [1.54, 1.807) is 0 Å². The third-order valence-corrected chi connectivity index (χ3v) is 1.98. The molecule has 0 aliphatic rings. The molecule has 1 rings (SSSR count). The van der Waals surface area contributed by atoms with E-state index in [0.29, 0.717) is 11.6 Å². The molecule has 1 aromatic heterocycles. The van der Waals surface area contributed by atoms with Crippen molar-refractivity contribution in [2.24, 2.45) is 4.99 Å². The molecule has 4 nitrogen and oxygen atoms in total. The summed E-state index contributed by atoms with van der Waals surface area (Å²) in [6.45, 7) is 10.7. The summed E-state index contributed by atoms with van der Waals surface area (Å²) in [7, 11) is 0. The highest BCUT2D eigenvalue weighted by atomic mass is 35.5. The minimum absolute atomic E-state index is 0.201. The van der Waals surface area contributed by atoms with E-state index >= 15 is 0 Å². The van der Waals surface area contributed by atoms with Crippen LogP contribution in [0.5, 0.6) is 0 Å². The number of aryl methyl sites for hydroxylation is 1. The maximum atomic E-state index is 5.71. The van der Waals surface area contributed by atoms with Crippen molar-refractivity contribution in [2.45, 2.75) is 13.8 Å². The van der Waals surface area contributed by atoms with Crippen molar-refractivity contribution in [1.82, 2.24) is 9.97 Å². The van der Waals surface area contributed by atoms with Crippen LogP contribution in [0.4, 0.5) is 5.82 Å². The van der Waals surface area contributed by atoms with Gasteiger partial charge in [0.1, 0.15) is 11.6 Å². The second kappa shape index (κ2) is 4.19. The van der Waals surface area contributed by atoms with Gasteiger partial charge in [0.05, 0.1) is 0 Å². The number of hydrogen-bond donors (Lipinski definition) is 1. The predicted molar refractivity (Wildman–Crippen MR) is 58.8 cm³/mol. The van der Waals surface area contributed by atoms with Gasteiger partial charge in [0.25, 0.3) is 0 Å². The van der Waals surface area contributed by atoms with E-state index in [2.05, 4.69) is 33.6 Å². The zero-order chi connectivity index (χ0) is 10.7. The number of hydrogen-bond acceptors (Lipinski definition) is 4. The van der Waals surface area contributed by atoms with E-state index in [9.17, 15) is 0 Å². The molecule has 14 heavy (non-hydrogen) atoms. The zero-order valence-electron chi connectivity index (χ0n) is 8.13. The summed E-state index contributed by atoms with van der Waals surface area (Å²) in [5.74, 6) is 1.04. The van der Waals surface area contributed by atoms with Gasteiger partial charge in [-0.1, -0.05) is 6.58 Å². The summed E-state index contributed by atoms with van der Waals surface area (Å²) in [4.78, 5) is 11.6. The van der Waals surface area contributed by atoms with Gasteiger partial charge in [0.15, 0.2) is 0 Å². The van der Waals surface area contributed by atoms with Gasteiger partial charge < -0.3 is 5.32 Å². The van der Waals surface area contributed by atoms with Gasteiger partial charge in [-0.3, -0.25) is 0 Å². The molecule has 0 fully saturated rings. The number of aliphatic imine (C=N–C) groups is 1. The van der Waals surface area contributed by atoms with Gasteiger partial charge in [-0.15, -0.1) is 0 Å². The SMILES string of the molecule is C=NC(=C)Nc1nc(Cl)nc(C)c1C. The van der Waals surface area contributed by atoms with E-state index in [-0.39, 0.29) is 5.28 Å². The third kappa shape index (κ3) is 2.29. The van der Waals surface area contributed by atoms with Crippen molar-refractivity contribution in [2.75, 3.05) is 5.32 Å². The van der Waals surface area contributed by atoms with Crippen LogP contribution in [0.25, 0.3) is 0 Å². The molecule has 0 saturated heterocycles. The average Bonchev–Trinajstić information content (AvgIpc) is 2.13. The third-order valence-electron chi connectivity index (χ3n) is 1.82. The number of nitrogens with one attached hydrogen (secondary N) is 1. The molecule has 5 heteroatoms. The van der Waals surface area contributed by atoms with Crippen LogP contribution in [0, 0.1) is 13.8 Å². The fraction of sp³-hybridized carbons (Fsp3) is 0.222. The van der Waals surface area contributed by atoms with E-state index in [1.807, 2.05) is 13.8 Å². The van der Waals surface area contributed by atoms with Crippen molar-refractivity contribution in [3.8, 4) is 0 Å². The van der Waals surface area contributed by atoms with E-state index in [0.717, 1.165) is 11.3 Å². The Kier molecular flexibility index (Phi) is 3.19. The lowest BCUT2D eigenvalue weighted by molar-refractivity contribution is 1.06. The second-order valence-electron chi connectivity index (χ2n) is 2.78. The molecule has 0 saturated carbocycles. The minimum Gasteiger partial charge on any atom is -0.325 e. The Bertz CT molecular complexity index is 387. The normalized spacial score (nSPS) is 9.64. The number of nitrogens with zero attached hydrogens (tertiary/aromatic N) is 3. The van der Waals surface area contributed by atoms with Crippen molar-refractivity contribution >= 4 is 24.1 Å². The maximum Gasteiger partial charge on any atom is 0.224 e. The lowest BCUT2D eigenvalue weighted by Crippen LogP contribution is -2.03. The highest BCUT2D eigenvalue weighted by molar-refractivity contribution is 6.28. The van der Waals surface area contributed by atoms with Crippen LogP contribution in [-0.4, -0.2) is 16.7 Å². The van der Waals surface area contributed by atoms with Gasteiger partial charge in [0.2, 0.25) is 5.28 Å². The smallest absolute Gasteiger partial charge is 0.224 e. The molecule has 0 bridgehead atoms. The largest absolute Gasteiger partial charge is 0.325 e. The summed E-state index contributed by atoms with van der Waals surface area (Å²) < 4.78 is 0. The lowest BCUT2D eigenvalue weighted by atomic mass is 10.2. The molecule has 0 aromatic carbocycles. The molecule has 1 heterocycles. The number of aromatic nitrogens is 2. The first-order valence-corrected chi connectivity index (χ1v) is 4.35. The van der Waals surface area contributed by atoms with Crippen molar-refractivity contribution in [3.63, 3.8) is 0 Å². The van der Waals surface area contributed by atoms with Crippen LogP contribution in [0.1, 0.15) is 11.3 Å². The quantitative estimate of drug-likeness (QED) is 0.616. The van der Waals surface area contributed by atoms with E-state index in [4.69, 9.17) is 11.6 Å². The Labute approximate surface area is 87.8 Å². The lowest BCUT2D eigenvalue weighted by Gasteiger charge is -2.09. The Morgan fingerprint density at radius 3 is 2.64 bits per heavy atom. The predicted octanol–water partition coefficient (Wildman–Crippen LogP) is 2.33. The van der Waals surface area contributed by atoms with Crippen molar-refractivity contribution in [3.05, 3.63) is 28.9 Å². The van der Waals surface area contributed by atoms with Crippen molar-refractivity contribution < 1.29 is 0 Å². The topological polar surface area (TPSA) is 50.2 Å². The molecule has 0 aliphatic carbocycles. The van der Waals surface area contributed by atoms with Crippen LogP contribution in [0.3, 0.4) is 0 Å². The molecule has 0 spiro atoms. The summed E-state index contributed by atoms with van der Waals surface area (Å²) in [5.41, 5.74) is 1.74. The van der Waals surface area contributed by atoms with Crippen LogP contribution in [0.2, 0.25) is 5.28 Å². The second-order valence-corrected chi connectivity index (χ2v) is 3.12. The van der Waals surface area contributed by atoms with Crippen LogP contribution >= 0.6 is 11.6 Å². The van der Waals surface area contributed by atoms with Crippen LogP contribution in [0.15, 0.2) is 17.4 Å². The van der Waals surface area contributed by atoms with Gasteiger partial charge >= 0.3 is 0 Å². The first kappa shape index (κ1) is 10.7.